The molecule has 0 unspecified atom stereocenters. The minimum atomic E-state index is 0.311. The van der Waals surface area contributed by atoms with E-state index in [4.69, 9.17) is 0 Å². The van der Waals surface area contributed by atoms with E-state index in [2.05, 4.69) is 15.4 Å². The summed E-state index contributed by atoms with van der Waals surface area (Å²) in [6.07, 6.45) is 0. The molecule has 0 aromatic carbocycles. The average Bonchev–Trinajstić information content (AvgIpc) is 2.14. The van der Waals surface area contributed by atoms with E-state index in [1.807, 2.05) is 20.8 Å². The standard InChI is InChI=1S/C5H10N4/c1-4(2)9-7-5(3)6-8-9/h4H,1-3H3. The van der Waals surface area contributed by atoms with Gasteiger partial charge in [-0.3, -0.25) is 0 Å². The van der Waals surface area contributed by atoms with Crippen LogP contribution in [-0.2, 0) is 0 Å². The molecule has 0 amide bonds. The molecule has 0 aliphatic carbocycles. The van der Waals surface area contributed by atoms with Crippen LogP contribution in [0.2, 0.25) is 0 Å². The van der Waals surface area contributed by atoms with Gasteiger partial charge in [0, 0.05) is 0 Å². The molecule has 0 saturated heterocycles. The second kappa shape index (κ2) is 2.13. The first-order valence-corrected chi connectivity index (χ1v) is 2.96. The van der Waals surface area contributed by atoms with Gasteiger partial charge in [0.25, 0.3) is 0 Å². The van der Waals surface area contributed by atoms with E-state index in [9.17, 15) is 0 Å². The van der Waals surface area contributed by atoms with Crippen molar-refractivity contribution >= 4 is 0 Å². The van der Waals surface area contributed by atoms with Crippen molar-refractivity contribution in [1.82, 2.24) is 20.2 Å². The Bertz CT molecular complexity index is 191. The summed E-state index contributed by atoms with van der Waals surface area (Å²) in [5.41, 5.74) is 0. The molecule has 0 fully saturated rings. The third-order valence-electron chi connectivity index (χ3n) is 0.990. The van der Waals surface area contributed by atoms with Crippen molar-refractivity contribution in [2.75, 3.05) is 0 Å². The van der Waals surface area contributed by atoms with Gasteiger partial charge in [0.15, 0.2) is 5.82 Å². The van der Waals surface area contributed by atoms with E-state index >= 15 is 0 Å². The number of rotatable bonds is 1. The highest BCUT2D eigenvalue weighted by molar-refractivity contribution is 4.67. The molecule has 0 aliphatic rings. The predicted octanol–water partition coefficient (Wildman–Crippen LogP) is 0.562. The summed E-state index contributed by atoms with van der Waals surface area (Å²) in [5, 5.41) is 11.5. The van der Waals surface area contributed by atoms with Crippen molar-refractivity contribution < 1.29 is 0 Å². The second-order valence-corrected chi connectivity index (χ2v) is 2.25. The maximum absolute atomic E-state index is 4.00. The Kier molecular flexibility index (Phi) is 1.46. The summed E-state index contributed by atoms with van der Waals surface area (Å²) in [7, 11) is 0. The highest BCUT2D eigenvalue weighted by Crippen LogP contribution is 1.96. The molecule has 0 spiro atoms. The molecule has 50 valence electrons. The van der Waals surface area contributed by atoms with Crippen LogP contribution in [0.1, 0.15) is 25.7 Å². The van der Waals surface area contributed by atoms with Crippen LogP contribution in [-0.4, -0.2) is 20.2 Å². The van der Waals surface area contributed by atoms with Gasteiger partial charge in [0.1, 0.15) is 0 Å². The third kappa shape index (κ3) is 1.25. The smallest absolute Gasteiger partial charge is 0.162 e. The Hall–Kier alpha value is -0.930. The predicted molar refractivity (Wildman–Crippen MR) is 32.9 cm³/mol. The highest BCUT2D eigenvalue weighted by Gasteiger charge is 1.99. The Morgan fingerprint density at radius 1 is 1.44 bits per heavy atom. The normalized spacial score (nSPS) is 10.7. The van der Waals surface area contributed by atoms with Gasteiger partial charge in [-0.15, -0.1) is 10.2 Å². The molecule has 1 heterocycles. The topological polar surface area (TPSA) is 43.6 Å². The number of hydrogen-bond acceptors (Lipinski definition) is 3. The quantitative estimate of drug-likeness (QED) is 0.552. The second-order valence-electron chi connectivity index (χ2n) is 2.25. The Morgan fingerprint density at radius 2 is 2.11 bits per heavy atom. The summed E-state index contributed by atoms with van der Waals surface area (Å²) >= 11 is 0. The fourth-order valence-corrected chi connectivity index (χ4v) is 0.518. The van der Waals surface area contributed by atoms with Crippen molar-refractivity contribution in [2.45, 2.75) is 26.8 Å². The van der Waals surface area contributed by atoms with Crippen molar-refractivity contribution in [3.05, 3.63) is 5.82 Å². The number of hydrogen-bond donors (Lipinski definition) is 0. The van der Waals surface area contributed by atoms with Crippen LogP contribution in [0, 0.1) is 6.92 Å². The van der Waals surface area contributed by atoms with E-state index in [0.29, 0.717) is 6.04 Å². The van der Waals surface area contributed by atoms with Gasteiger partial charge in [-0.1, -0.05) is 0 Å². The molecule has 0 bridgehead atoms. The van der Waals surface area contributed by atoms with E-state index in [-0.39, 0.29) is 0 Å². The van der Waals surface area contributed by atoms with Crippen LogP contribution in [0.25, 0.3) is 0 Å². The van der Waals surface area contributed by atoms with Crippen LogP contribution in [0.4, 0.5) is 0 Å². The summed E-state index contributed by atoms with van der Waals surface area (Å²) in [5.74, 6) is 0.726. The number of tetrazole rings is 1. The molecule has 0 atom stereocenters. The van der Waals surface area contributed by atoms with Crippen molar-refractivity contribution in [1.29, 1.82) is 0 Å². The zero-order valence-corrected chi connectivity index (χ0v) is 5.87. The Morgan fingerprint density at radius 3 is 2.33 bits per heavy atom. The molecule has 1 rings (SSSR count). The minimum Gasteiger partial charge on any atom is -0.162 e. The molecule has 0 saturated carbocycles. The molecule has 0 N–H and O–H groups in total. The lowest BCUT2D eigenvalue weighted by atomic mass is 10.4. The van der Waals surface area contributed by atoms with Gasteiger partial charge in [-0.2, -0.15) is 4.80 Å². The monoisotopic (exact) mass is 126 g/mol. The fourth-order valence-electron chi connectivity index (χ4n) is 0.518. The van der Waals surface area contributed by atoms with E-state index in [1.165, 1.54) is 0 Å². The molecule has 1 aromatic rings. The molecule has 1 aromatic heterocycles. The summed E-state index contributed by atoms with van der Waals surface area (Å²) in [6.45, 7) is 5.86. The third-order valence-corrected chi connectivity index (χ3v) is 0.990. The molecule has 4 heteroatoms. The van der Waals surface area contributed by atoms with Crippen LogP contribution in [0.15, 0.2) is 0 Å². The van der Waals surface area contributed by atoms with E-state index in [1.54, 1.807) is 4.80 Å². The first kappa shape index (κ1) is 6.19. The molecule has 4 nitrogen and oxygen atoms in total. The van der Waals surface area contributed by atoms with Crippen LogP contribution in [0.3, 0.4) is 0 Å². The molecule has 0 radical (unpaired) electrons. The lowest BCUT2D eigenvalue weighted by Crippen LogP contribution is -2.04. The van der Waals surface area contributed by atoms with Crippen molar-refractivity contribution in [2.24, 2.45) is 0 Å². The first-order valence-electron chi connectivity index (χ1n) is 2.96. The van der Waals surface area contributed by atoms with Crippen LogP contribution in [0.5, 0.6) is 0 Å². The van der Waals surface area contributed by atoms with Crippen LogP contribution >= 0.6 is 0 Å². The van der Waals surface area contributed by atoms with E-state index < -0.39 is 0 Å². The Labute approximate surface area is 53.9 Å². The number of aryl methyl sites for hydroxylation is 1. The van der Waals surface area contributed by atoms with Crippen molar-refractivity contribution in [3.63, 3.8) is 0 Å². The van der Waals surface area contributed by atoms with Crippen molar-refractivity contribution in [3.8, 4) is 0 Å². The lowest BCUT2D eigenvalue weighted by Gasteiger charge is -1.97. The molecule has 9 heavy (non-hydrogen) atoms. The summed E-state index contributed by atoms with van der Waals surface area (Å²) in [6, 6.07) is 0.311. The van der Waals surface area contributed by atoms with Gasteiger partial charge in [0.05, 0.1) is 6.04 Å². The molecular weight excluding hydrogens is 116 g/mol. The first-order chi connectivity index (χ1) is 4.20. The number of aromatic nitrogens is 4. The zero-order valence-electron chi connectivity index (χ0n) is 5.87. The van der Waals surface area contributed by atoms with Gasteiger partial charge in [0.2, 0.25) is 0 Å². The highest BCUT2D eigenvalue weighted by atomic mass is 15.6. The summed E-state index contributed by atoms with van der Waals surface area (Å²) in [4.78, 5) is 1.59. The van der Waals surface area contributed by atoms with Gasteiger partial charge < -0.3 is 0 Å². The van der Waals surface area contributed by atoms with E-state index in [0.717, 1.165) is 5.82 Å². The Balaban J connectivity index is 2.85. The maximum atomic E-state index is 4.00. The van der Waals surface area contributed by atoms with Gasteiger partial charge >= 0.3 is 0 Å². The maximum Gasteiger partial charge on any atom is 0.171 e. The largest absolute Gasteiger partial charge is 0.171 e. The summed E-state index contributed by atoms with van der Waals surface area (Å²) < 4.78 is 0. The number of nitrogens with zero attached hydrogens (tertiary/aromatic N) is 4. The minimum absolute atomic E-state index is 0.311. The SMILES string of the molecule is Cc1nnn(C(C)C)n1. The van der Waals surface area contributed by atoms with Gasteiger partial charge in [-0.25, -0.2) is 0 Å². The average molecular weight is 126 g/mol. The van der Waals surface area contributed by atoms with Gasteiger partial charge in [-0.05, 0) is 26.0 Å². The zero-order chi connectivity index (χ0) is 6.85. The van der Waals surface area contributed by atoms with Crippen LogP contribution < -0.4 is 0 Å². The lowest BCUT2D eigenvalue weighted by molar-refractivity contribution is 0.454. The molecule has 0 aliphatic heterocycles. The fraction of sp³-hybridized carbons (Fsp3) is 0.800. The molecular formula is C5H10N4.